The molecule has 0 atom stereocenters. The second kappa shape index (κ2) is 10.0. The second-order valence-electron chi connectivity index (χ2n) is 7.60. The first kappa shape index (κ1) is 24.9. The molecule has 1 aromatic carbocycles. The number of pyridine rings is 2. The molecule has 8 nitrogen and oxygen atoms in total. The standard InChI is InChI=1S/C21H21N3O3.C2HF3O2/c1-13-7-8-18-20-15(12-24(18)21(13)26)10-16-14(4-2-6-17(16)23-20)5-3-9-27-19(25)11-22;3-2(4,5)1(6)7/h2,4,6-8,10H,3,5,9,11-12,22H2,1H3;(H,6,7). The predicted octanol–water partition coefficient (Wildman–Crippen LogP) is 2.80. The number of hydrogen-bond donors (Lipinski definition) is 2. The molecule has 0 unspecified atom stereocenters. The van der Waals surface area contributed by atoms with Crippen LogP contribution in [-0.2, 0) is 27.3 Å². The topological polar surface area (TPSA) is 125 Å². The lowest BCUT2D eigenvalue weighted by molar-refractivity contribution is -0.192. The maximum atomic E-state index is 12.4. The van der Waals surface area contributed by atoms with Crippen LogP contribution in [0.1, 0.15) is 23.1 Å². The zero-order valence-corrected chi connectivity index (χ0v) is 18.2. The molecule has 3 N–H and O–H groups in total. The number of benzene rings is 1. The van der Waals surface area contributed by atoms with Crippen molar-refractivity contribution in [3.05, 3.63) is 63.4 Å². The molecule has 1 aliphatic rings. The Balaban J connectivity index is 0.000000406. The van der Waals surface area contributed by atoms with E-state index in [1.165, 1.54) is 0 Å². The van der Waals surface area contributed by atoms with Crippen molar-refractivity contribution in [3.8, 4) is 11.4 Å². The first-order chi connectivity index (χ1) is 16.0. The quantitative estimate of drug-likeness (QED) is 0.335. The number of carboxylic acids is 1. The second-order valence-corrected chi connectivity index (χ2v) is 7.60. The highest BCUT2D eigenvalue weighted by atomic mass is 19.4. The first-order valence-electron chi connectivity index (χ1n) is 10.3. The van der Waals surface area contributed by atoms with E-state index in [1.54, 1.807) is 4.57 Å². The van der Waals surface area contributed by atoms with E-state index in [2.05, 4.69) is 12.1 Å². The molecule has 0 radical (unpaired) electrons. The Morgan fingerprint density at radius 2 is 1.94 bits per heavy atom. The van der Waals surface area contributed by atoms with Crippen LogP contribution in [0.2, 0.25) is 0 Å². The Hall–Kier alpha value is -3.73. The molecular weight excluding hydrogens is 455 g/mol. The number of rotatable bonds is 5. The monoisotopic (exact) mass is 477 g/mol. The largest absolute Gasteiger partial charge is 0.490 e. The van der Waals surface area contributed by atoms with Gasteiger partial charge in [0, 0.05) is 16.5 Å². The number of aryl methyl sites for hydroxylation is 2. The summed E-state index contributed by atoms with van der Waals surface area (Å²) < 4.78 is 38.6. The van der Waals surface area contributed by atoms with E-state index in [0.717, 1.165) is 51.8 Å². The lowest BCUT2D eigenvalue weighted by Gasteiger charge is -2.09. The van der Waals surface area contributed by atoms with Gasteiger partial charge in [-0.2, -0.15) is 13.2 Å². The van der Waals surface area contributed by atoms with Gasteiger partial charge < -0.3 is 20.1 Å². The van der Waals surface area contributed by atoms with E-state index in [0.29, 0.717) is 13.2 Å². The van der Waals surface area contributed by atoms with Gasteiger partial charge in [0.1, 0.15) is 0 Å². The van der Waals surface area contributed by atoms with Crippen molar-refractivity contribution in [2.24, 2.45) is 5.73 Å². The lowest BCUT2D eigenvalue weighted by Crippen LogP contribution is -2.21. The van der Waals surface area contributed by atoms with E-state index in [4.69, 9.17) is 25.4 Å². The summed E-state index contributed by atoms with van der Waals surface area (Å²) in [5.41, 5.74) is 10.9. The van der Waals surface area contributed by atoms with Gasteiger partial charge in [-0.1, -0.05) is 18.2 Å². The molecule has 1 aliphatic heterocycles. The van der Waals surface area contributed by atoms with Crippen LogP contribution >= 0.6 is 0 Å². The zero-order chi connectivity index (χ0) is 25.0. The van der Waals surface area contributed by atoms with E-state index < -0.39 is 12.1 Å². The minimum absolute atomic E-state index is 0.0384. The summed E-state index contributed by atoms with van der Waals surface area (Å²) in [6, 6.07) is 12.0. The van der Waals surface area contributed by atoms with Gasteiger partial charge in [-0.05, 0) is 43.5 Å². The Bertz CT molecular complexity index is 1300. The number of nitrogens with two attached hydrogens (primary N) is 1. The molecule has 3 aromatic rings. The number of ether oxygens (including phenoxy) is 1. The van der Waals surface area contributed by atoms with Crippen LogP contribution in [0.3, 0.4) is 0 Å². The Kier molecular flexibility index (Phi) is 7.35. The molecule has 0 bridgehead atoms. The molecule has 0 saturated carbocycles. The number of carbonyl (C=O) groups is 2. The molecule has 0 aliphatic carbocycles. The Morgan fingerprint density at radius 1 is 1.24 bits per heavy atom. The maximum Gasteiger partial charge on any atom is 0.490 e. The van der Waals surface area contributed by atoms with Gasteiger partial charge in [0.15, 0.2) is 0 Å². The van der Waals surface area contributed by atoms with Gasteiger partial charge in [0.2, 0.25) is 0 Å². The summed E-state index contributed by atoms with van der Waals surface area (Å²) >= 11 is 0. The van der Waals surface area contributed by atoms with Crippen molar-refractivity contribution >= 4 is 22.8 Å². The fourth-order valence-corrected chi connectivity index (χ4v) is 3.59. The van der Waals surface area contributed by atoms with Gasteiger partial charge in [-0.3, -0.25) is 9.59 Å². The molecule has 4 rings (SSSR count). The molecule has 11 heteroatoms. The molecule has 180 valence electrons. The fourth-order valence-electron chi connectivity index (χ4n) is 3.59. The van der Waals surface area contributed by atoms with Crippen LogP contribution in [0, 0.1) is 6.92 Å². The minimum atomic E-state index is -5.08. The first-order valence-corrected chi connectivity index (χ1v) is 10.3. The summed E-state index contributed by atoms with van der Waals surface area (Å²) in [4.78, 5) is 37.3. The van der Waals surface area contributed by atoms with E-state index >= 15 is 0 Å². The Morgan fingerprint density at radius 3 is 2.59 bits per heavy atom. The minimum Gasteiger partial charge on any atom is -0.475 e. The maximum absolute atomic E-state index is 12.4. The number of alkyl halides is 3. The molecule has 0 spiro atoms. The van der Waals surface area contributed by atoms with Crippen molar-refractivity contribution in [1.82, 2.24) is 9.55 Å². The number of aromatic nitrogens is 2. The van der Waals surface area contributed by atoms with Gasteiger partial charge in [-0.25, -0.2) is 9.78 Å². The lowest BCUT2D eigenvalue weighted by atomic mass is 10.0. The average Bonchev–Trinajstić information content (AvgIpc) is 3.15. The summed E-state index contributed by atoms with van der Waals surface area (Å²) in [6.45, 7) is 2.64. The number of carbonyl (C=O) groups excluding carboxylic acids is 1. The van der Waals surface area contributed by atoms with Crippen LogP contribution in [0.4, 0.5) is 13.2 Å². The third-order valence-electron chi connectivity index (χ3n) is 5.23. The van der Waals surface area contributed by atoms with Crippen molar-refractivity contribution in [2.75, 3.05) is 13.2 Å². The summed E-state index contributed by atoms with van der Waals surface area (Å²) in [5, 5.41) is 8.21. The molecule has 0 amide bonds. The summed E-state index contributed by atoms with van der Waals surface area (Å²) in [7, 11) is 0. The number of fused-ring (bicyclic) bond motifs is 4. The molecule has 0 fully saturated rings. The highest BCUT2D eigenvalue weighted by Gasteiger charge is 2.38. The number of nitrogens with zero attached hydrogens (tertiary/aromatic N) is 2. The number of esters is 1. The van der Waals surface area contributed by atoms with Crippen LogP contribution < -0.4 is 11.3 Å². The van der Waals surface area contributed by atoms with Crippen LogP contribution in [0.15, 0.2) is 41.2 Å². The van der Waals surface area contributed by atoms with Gasteiger partial charge in [-0.15, -0.1) is 0 Å². The van der Waals surface area contributed by atoms with E-state index in [9.17, 15) is 22.8 Å². The van der Waals surface area contributed by atoms with Crippen LogP contribution in [0.5, 0.6) is 0 Å². The van der Waals surface area contributed by atoms with Gasteiger partial charge in [0.05, 0.1) is 36.6 Å². The zero-order valence-electron chi connectivity index (χ0n) is 18.2. The third-order valence-corrected chi connectivity index (χ3v) is 5.23. The highest BCUT2D eigenvalue weighted by molar-refractivity contribution is 5.86. The van der Waals surface area contributed by atoms with Gasteiger partial charge in [0.25, 0.3) is 5.56 Å². The van der Waals surface area contributed by atoms with Crippen molar-refractivity contribution in [1.29, 1.82) is 0 Å². The molecule has 34 heavy (non-hydrogen) atoms. The fraction of sp³-hybridized carbons (Fsp3) is 0.304. The molecule has 3 heterocycles. The average molecular weight is 477 g/mol. The van der Waals surface area contributed by atoms with Crippen molar-refractivity contribution in [2.45, 2.75) is 32.5 Å². The van der Waals surface area contributed by atoms with Crippen LogP contribution in [-0.4, -0.2) is 45.9 Å². The third kappa shape index (κ3) is 5.42. The predicted molar refractivity (Wildman–Crippen MR) is 117 cm³/mol. The normalized spacial score (nSPS) is 11.9. The smallest absolute Gasteiger partial charge is 0.475 e. The Labute approximate surface area is 191 Å². The molecule has 0 saturated heterocycles. The van der Waals surface area contributed by atoms with E-state index in [1.807, 2.05) is 31.2 Å². The van der Waals surface area contributed by atoms with Crippen molar-refractivity contribution < 1.29 is 32.6 Å². The highest BCUT2D eigenvalue weighted by Crippen LogP contribution is 2.32. The van der Waals surface area contributed by atoms with Crippen LogP contribution in [0.25, 0.3) is 22.3 Å². The summed E-state index contributed by atoms with van der Waals surface area (Å²) in [5.74, 6) is -3.14. The summed E-state index contributed by atoms with van der Waals surface area (Å²) in [6.07, 6.45) is -3.58. The molecular formula is C23H22F3N3O5. The number of hydrogen-bond acceptors (Lipinski definition) is 6. The number of carboxylic acid groups (broad SMARTS) is 1. The SMILES string of the molecule is Cc1ccc2n(c1=O)Cc1cc3c(CCCOC(=O)CN)cccc3nc1-2.O=C(O)C(F)(F)F. The molecule has 2 aromatic heterocycles. The van der Waals surface area contributed by atoms with Crippen molar-refractivity contribution in [3.63, 3.8) is 0 Å². The number of halogens is 3. The van der Waals surface area contributed by atoms with E-state index in [-0.39, 0.29) is 18.1 Å². The van der Waals surface area contributed by atoms with Gasteiger partial charge >= 0.3 is 18.1 Å². The number of aliphatic carboxylic acids is 1.